The Hall–Kier alpha value is -3.12. The summed E-state index contributed by atoms with van der Waals surface area (Å²) in [6.45, 7) is 10.0. The van der Waals surface area contributed by atoms with Crippen LogP contribution < -0.4 is 4.90 Å². The predicted molar refractivity (Wildman–Crippen MR) is 149 cm³/mol. The zero-order valence-electron chi connectivity index (χ0n) is 23.3. The average Bonchev–Trinajstić information content (AvgIpc) is 3.46. The van der Waals surface area contributed by atoms with Gasteiger partial charge >= 0.3 is 0 Å². The molecule has 1 unspecified atom stereocenters. The van der Waals surface area contributed by atoms with Crippen LogP contribution in [0.4, 0.5) is 5.82 Å². The molecular weight excluding hydrogens is 496 g/mol. The molecule has 2 saturated heterocycles. The van der Waals surface area contributed by atoms with Gasteiger partial charge in [0.25, 0.3) is 0 Å². The molecule has 2 aliphatic rings. The van der Waals surface area contributed by atoms with Crippen LogP contribution in [0.2, 0.25) is 0 Å². The zero-order chi connectivity index (χ0) is 27.4. The zero-order valence-corrected chi connectivity index (χ0v) is 23.3. The third kappa shape index (κ3) is 4.77. The minimum atomic E-state index is -1.17. The molecule has 1 aromatic carbocycles. The van der Waals surface area contributed by atoms with Gasteiger partial charge in [0.05, 0.1) is 29.8 Å². The first-order valence-corrected chi connectivity index (χ1v) is 13.9. The second-order valence-corrected chi connectivity index (χ2v) is 11.5. The van der Waals surface area contributed by atoms with Crippen molar-refractivity contribution in [3.05, 3.63) is 35.9 Å². The quantitative estimate of drug-likeness (QED) is 0.384. The van der Waals surface area contributed by atoms with Gasteiger partial charge in [-0.1, -0.05) is 19.1 Å². The normalized spacial score (nSPS) is 21.3. The SMILES string of the molecule is CCc1nc2ccccc2n1-c1nc(N2CCOCC2)c2nc(C3(O)CCCN(CC(C)(C)O)C3)n(C)c2n1. The van der Waals surface area contributed by atoms with Crippen LogP contribution in [-0.4, -0.2) is 95.7 Å². The number of ether oxygens (including phenoxy) is 1. The van der Waals surface area contributed by atoms with E-state index in [2.05, 4.69) is 16.7 Å². The Labute approximate surface area is 228 Å². The number of piperidine rings is 1. The summed E-state index contributed by atoms with van der Waals surface area (Å²) in [7, 11) is 1.92. The fourth-order valence-electron chi connectivity index (χ4n) is 6.07. The predicted octanol–water partition coefficient (Wildman–Crippen LogP) is 2.16. The summed E-state index contributed by atoms with van der Waals surface area (Å²) >= 11 is 0. The molecule has 11 heteroatoms. The summed E-state index contributed by atoms with van der Waals surface area (Å²) in [5.41, 5.74) is 1.19. The molecule has 208 valence electrons. The highest BCUT2D eigenvalue weighted by Gasteiger charge is 2.41. The third-order valence-corrected chi connectivity index (χ3v) is 7.72. The van der Waals surface area contributed by atoms with Gasteiger partial charge in [-0.15, -0.1) is 0 Å². The van der Waals surface area contributed by atoms with Crippen LogP contribution >= 0.6 is 0 Å². The second kappa shape index (κ2) is 9.81. The molecular formula is C28H38N8O3. The Balaban J connectivity index is 1.52. The maximum absolute atomic E-state index is 12.0. The standard InChI is InChI=1S/C28H38N8O3/c1-5-21-29-19-9-6-7-10-20(19)36(21)26-31-23-22(24(32-26)35-13-15-39-16-14-35)30-25(33(23)4)28(38)11-8-12-34(18-28)17-27(2,3)37/h6-7,9-10,37-38H,5,8,11-18H2,1-4H3. The van der Waals surface area contributed by atoms with Crippen molar-refractivity contribution in [2.75, 3.05) is 50.8 Å². The summed E-state index contributed by atoms with van der Waals surface area (Å²) in [4.78, 5) is 24.3. The van der Waals surface area contributed by atoms with Gasteiger partial charge in [-0.2, -0.15) is 9.97 Å². The van der Waals surface area contributed by atoms with Gasteiger partial charge in [0.1, 0.15) is 17.2 Å². The maximum Gasteiger partial charge on any atom is 0.239 e. The van der Waals surface area contributed by atoms with Crippen LogP contribution in [0.15, 0.2) is 24.3 Å². The van der Waals surface area contributed by atoms with Crippen molar-refractivity contribution in [1.82, 2.24) is 34.0 Å². The lowest BCUT2D eigenvalue weighted by Crippen LogP contribution is -2.51. The van der Waals surface area contributed by atoms with E-state index in [0.717, 1.165) is 42.1 Å². The summed E-state index contributed by atoms with van der Waals surface area (Å²) in [6.07, 6.45) is 2.13. The smallest absolute Gasteiger partial charge is 0.239 e. The number of aliphatic hydroxyl groups is 2. The minimum Gasteiger partial charge on any atom is -0.389 e. The lowest BCUT2D eigenvalue weighted by atomic mass is 9.91. The number of aromatic nitrogens is 6. The van der Waals surface area contributed by atoms with E-state index in [1.807, 2.05) is 40.4 Å². The van der Waals surface area contributed by atoms with Gasteiger partial charge in [0.2, 0.25) is 5.95 Å². The van der Waals surface area contributed by atoms with Crippen molar-refractivity contribution >= 4 is 28.0 Å². The van der Waals surface area contributed by atoms with Crippen molar-refractivity contribution in [3.63, 3.8) is 0 Å². The fourth-order valence-corrected chi connectivity index (χ4v) is 6.07. The lowest BCUT2D eigenvalue weighted by Gasteiger charge is -2.40. The van der Waals surface area contributed by atoms with Gasteiger partial charge < -0.3 is 24.4 Å². The summed E-state index contributed by atoms with van der Waals surface area (Å²) in [5, 5.41) is 22.4. The Bertz CT molecular complexity index is 1500. The van der Waals surface area contributed by atoms with E-state index in [1.165, 1.54) is 0 Å². The van der Waals surface area contributed by atoms with Gasteiger partial charge in [-0.05, 0) is 45.4 Å². The molecule has 2 aliphatic heterocycles. The number of aryl methyl sites for hydroxylation is 2. The Morgan fingerprint density at radius 3 is 2.56 bits per heavy atom. The highest BCUT2D eigenvalue weighted by Crippen LogP contribution is 2.35. The number of morpholine rings is 1. The molecule has 39 heavy (non-hydrogen) atoms. The number of hydrogen-bond donors (Lipinski definition) is 2. The van der Waals surface area contributed by atoms with E-state index in [1.54, 1.807) is 13.8 Å². The summed E-state index contributed by atoms with van der Waals surface area (Å²) in [5.74, 6) is 2.75. The van der Waals surface area contributed by atoms with Crippen LogP contribution in [0, 0.1) is 0 Å². The Morgan fingerprint density at radius 1 is 1.05 bits per heavy atom. The van der Waals surface area contributed by atoms with Gasteiger partial charge in [0.15, 0.2) is 17.0 Å². The van der Waals surface area contributed by atoms with Gasteiger partial charge in [-0.3, -0.25) is 9.47 Å². The molecule has 0 bridgehead atoms. The van der Waals surface area contributed by atoms with Gasteiger partial charge in [-0.25, -0.2) is 9.97 Å². The number of para-hydroxylation sites is 2. The molecule has 0 amide bonds. The number of benzene rings is 1. The van der Waals surface area contributed by atoms with E-state index < -0.39 is 11.2 Å². The Kier molecular flexibility index (Phi) is 6.57. The largest absolute Gasteiger partial charge is 0.389 e. The number of imidazole rings is 2. The van der Waals surface area contributed by atoms with Crippen LogP contribution in [0.5, 0.6) is 0 Å². The van der Waals surface area contributed by atoms with Crippen molar-refractivity contribution in [2.24, 2.45) is 7.05 Å². The number of fused-ring (bicyclic) bond motifs is 2. The molecule has 5 heterocycles. The number of rotatable bonds is 6. The number of nitrogens with zero attached hydrogens (tertiary/aromatic N) is 8. The molecule has 4 aromatic rings. The number of likely N-dealkylation sites (tertiary alicyclic amines) is 1. The molecule has 3 aromatic heterocycles. The highest BCUT2D eigenvalue weighted by atomic mass is 16.5. The molecule has 2 N–H and O–H groups in total. The average molecular weight is 535 g/mol. The molecule has 0 radical (unpaired) electrons. The molecule has 11 nitrogen and oxygen atoms in total. The first kappa shape index (κ1) is 26.1. The first-order valence-electron chi connectivity index (χ1n) is 13.9. The summed E-state index contributed by atoms with van der Waals surface area (Å²) < 4.78 is 9.58. The monoisotopic (exact) mass is 534 g/mol. The van der Waals surface area contributed by atoms with Gasteiger partial charge in [0, 0.05) is 39.6 Å². The number of hydrogen-bond acceptors (Lipinski definition) is 9. The minimum absolute atomic E-state index is 0.396. The molecule has 0 spiro atoms. The van der Waals surface area contributed by atoms with Crippen LogP contribution in [0.3, 0.4) is 0 Å². The van der Waals surface area contributed by atoms with Crippen LogP contribution in [0.25, 0.3) is 28.1 Å². The topological polar surface area (TPSA) is 118 Å². The van der Waals surface area contributed by atoms with Crippen molar-refractivity contribution in [3.8, 4) is 5.95 Å². The van der Waals surface area contributed by atoms with Crippen LogP contribution in [-0.2, 0) is 23.8 Å². The van der Waals surface area contributed by atoms with E-state index in [4.69, 9.17) is 24.7 Å². The Morgan fingerprint density at radius 2 is 1.82 bits per heavy atom. The fraction of sp³-hybridized carbons (Fsp3) is 0.571. The van der Waals surface area contributed by atoms with Crippen molar-refractivity contribution in [2.45, 2.75) is 51.2 Å². The number of anilines is 1. The third-order valence-electron chi connectivity index (χ3n) is 7.72. The van der Waals surface area contributed by atoms with E-state index in [9.17, 15) is 10.2 Å². The molecule has 0 saturated carbocycles. The number of β-amino-alcohol motifs (C(OH)–C–C–N with tert-alkyl or cyclic N) is 2. The van der Waals surface area contributed by atoms with E-state index in [-0.39, 0.29) is 0 Å². The molecule has 0 aliphatic carbocycles. The molecule has 6 rings (SSSR count). The lowest BCUT2D eigenvalue weighted by molar-refractivity contribution is -0.0645. The van der Waals surface area contributed by atoms with Crippen molar-refractivity contribution < 1.29 is 14.9 Å². The molecule has 2 fully saturated rings. The van der Waals surface area contributed by atoms with E-state index in [0.29, 0.717) is 68.8 Å². The highest BCUT2D eigenvalue weighted by molar-refractivity contribution is 5.86. The first-order chi connectivity index (χ1) is 18.7. The molecule has 1 atom stereocenters. The maximum atomic E-state index is 12.0. The van der Waals surface area contributed by atoms with E-state index >= 15 is 0 Å². The van der Waals surface area contributed by atoms with Crippen LogP contribution in [0.1, 0.15) is 45.3 Å². The second-order valence-electron chi connectivity index (χ2n) is 11.5. The summed E-state index contributed by atoms with van der Waals surface area (Å²) in [6, 6.07) is 8.04. The van der Waals surface area contributed by atoms with Crippen molar-refractivity contribution in [1.29, 1.82) is 0 Å².